The van der Waals surface area contributed by atoms with Gasteiger partial charge < -0.3 is 9.80 Å². The Bertz CT molecular complexity index is 374. The minimum atomic E-state index is 0.625. The molecule has 0 spiro atoms. The maximum Gasteiger partial charge on any atom is 0.127 e. The van der Waals surface area contributed by atoms with Crippen molar-refractivity contribution in [1.82, 2.24) is 9.80 Å². The average Bonchev–Trinajstić information content (AvgIpc) is 2.75. The van der Waals surface area contributed by atoms with Gasteiger partial charge in [0, 0.05) is 25.7 Å². The molecule has 1 atom stereocenters. The summed E-state index contributed by atoms with van der Waals surface area (Å²) in [6, 6.07) is 9.96. The number of amidine groups is 1. The highest BCUT2D eigenvalue weighted by Gasteiger charge is 2.21. The Labute approximate surface area is 104 Å². The van der Waals surface area contributed by atoms with E-state index in [4.69, 9.17) is 5.41 Å². The summed E-state index contributed by atoms with van der Waals surface area (Å²) in [5.74, 6) is 1.33. The zero-order chi connectivity index (χ0) is 12.3. The van der Waals surface area contributed by atoms with Crippen LogP contribution in [0.5, 0.6) is 0 Å². The van der Waals surface area contributed by atoms with E-state index in [2.05, 4.69) is 16.8 Å². The number of hydrogen-bond acceptors (Lipinski definition) is 2. The van der Waals surface area contributed by atoms with Crippen molar-refractivity contribution in [2.45, 2.75) is 6.42 Å². The molecule has 0 bridgehead atoms. The number of rotatable bonds is 3. The summed E-state index contributed by atoms with van der Waals surface area (Å²) in [6.45, 7) is 3.33. The van der Waals surface area contributed by atoms with Crippen molar-refractivity contribution in [2.75, 3.05) is 33.7 Å². The quantitative estimate of drug-likeness (QED) is 0.636. The van der Waals surface area contributed by atoms with Crippen LogP contribution in [0.1, 0.15) is 12.0 Å². The van der Waals surface area contributed by atoms with Gasteiger partial charge in [-0.3, -0.25) is 5.41 Å². The molecule has 1 aliphatic rings. The minimum absolute atomic E-state index is 0.625. The second kappa shape index (κ2) is 5.32. The molecule has 2 rings (SSSR count). The smallest absolute Gasteiger partial charge is 0.127 e. The molecule has 3 heteroatoms. The lowest BCUT2D eigenvalue weighted by atomic mass is 10.1. The van der Waals surface area contributed by atoms with Gasteiger partial charge in [0.1, 0.15) is 5.84 Å². The number of nitrogens with one attached hydrogen (secondary N) is 1. The number of nitrogens with zero attached hydrogens (tertiary/aromatic N) is 2. The molecule has 0 amide bonds. The normalized spacial score (nSPS) is 20.5. The first-order valence-corrected chi connectivity index (χ1v) is 6.20. The number of hydrogen-bond donors (Lipinski definition) is 1. The molecule has 0 aliphatic carbocycles. The van der Waals surface area contributed by atoms with Crippen molar-refractivity contribution >= 4 is 5.84 Å². The highest BCUT2D eigenvalue weighted by Crippen LogP contribution is 2.16. The number of benzene rings is 1. The van der Waals surface area contributed by atoms with E-state index >= 15 is 0 Å². The van der Waals surface area contributed by atoms with Crippen molar-refractivity contribution in [2.24, 2.45) is 5.92 Å². The second-order valence-corrected chi connectivity index (χ2v) is 5.01. The molecule has 1 aromatic rings. The lowest BCUT2D eigenvalue weighted by Crippen LogP contribution is -2.32. The largest absolute Gasteiger partial charge is 0.359 e. The van der Waals surface area contributed by atoms with Gasteiger partial charge in [0.25, 0.3) is 0 Å². The van der Waals surface area contributed by atoms with Crippen LogP contribution in [0.3, 0.4) is 0 Å². The zero-order valence-corrected chi connectivity index (χ0v) is 10.7. The molecule has 1 heterocycles. The lowest BCUT2D eigenvalue weighted by molar-refractivity contribution is 0.355. The first kappa shape index (κ1) is 12.1. The predicted molar refractivity (Wildman–Crippen MR) is 71.5 cm³/mol. The highest BCUT2D eigenvalue weighted by molar-refractivity contribution is 5.96. The summed E-state index contributed by atoms with van der Waals surface area (Å²) in [5, 5.41) is 8.16. The van der Waals surface area contributed by atoms with Crippen molar-refractivity contribution in [3.05, 3.63) is 35.9 Å². The van der Waals surface area contributed by atoms with E-state index in [1.807, 2.05) is 37.4 Å². The first-order valence-electron chi connectivity index (χ1n) is 6.20. The van der Waals surface area contributed by atoms with E-state index in [-0.39, 0.29) is 0 Å². The fraction of sp³-hybridized carbons (Fsp3) is 0.500. The molecule has 0 saturated carbocycles. The van der Waals surface area contributed by atoms with Gasteiger partial charge in [-0.25, -0.2) is 0 Å². The van der Waals surface area contributed by atoms with Gasteiger partial charge in [0.05, 0.1) is 0 Å². The highest BCUT2D eigenvalue weighted by atomic mass is 15.2. The second-order valence-electron chi connectivity index (χ2n) is 5.01. The Morgan fingerprint density at radius 1 is 1.41 bits per heavy atom. The van der Waals surface area contributed by atoms with E-state index in [0.717, 1.165) is 18.7 Å². The molecule has 1 N–H and O–H groups in total. The van der Waals surface area contributed by atoms with Crippen LogP contribution in [-0.2, 0) is 0 Å². The molecule has 0 aromatic heterocycles. The molecule has 1 aromatic carbocycles. The Hall–Kier alpha value is -1.35. The van der Waals surface area contributed by atoms with Gasteiger partial charge in [-0.05, 0) is 25.9 Å². The van der Waals surface area contributed by atoms with Crippen molar-refractivity contribution in [3.8, 4) is 0 Å². The van der Waals surface area contributed by atoms with Crippen molar-refractivity contribution < 1.29 is 0 Å². The van der Waals surface area contributed by atoms with Crippen LogP contribution in [0.25, 0.3) is 0 Å². The molecule has 17 heavy (non-hydrogen) atoms. The lowest BCUT2D eigenvalue weighted by Gasteiger charge is -2.23. The summed E-state index contributed by atoms with van der Waals surface area (Å²) in [6.07, 6.45) is 1.25. The molecular formula is C14H21N3. The molecule has 92 valence electrons. The first-order chi connectivity index (χ1) is 8.16. The standard InChI is InChI=1S/C14H21N3/c1-16-9-8-12(10-16)11-17(2)14(15)13-6-4-3-5-7-13/h3-7,12,15H,8-11H2,1-2H3. The van der Waals surface area contributed by atoms with Gasteiger partial charge in [-0.1, -0.05) is 30.3 Å². The summed E-state index contributed by atoms with van der Waals surface area (Å²) < 4.78 is 0. The fourth-order valence-corrected chi connectivity index (χ4v) is 2.47. The van der Waals surface area contributed by atoms with E-state index in [1.165, 1.54) is 13.0 Å². The molecule has 1 fully saturated rings. The summed E-state index contributed by atoms with van der Waals surface area (Å²) in [5.41, 5.74) is 1.00. The van der Waals surface area contributed by atoms with Crippen molar-refractivity contribution in [1.29, 1.82) is 5.41 Å². The molecule has 3 nitrogen and oxygen atoms in total. The third-order valence-electron chi connectivity index (χ3n) is 3.45. The topological polar surface area (TPSA) is 30.3 Å². The third-order valence-corrected chi connectivity index (χ3v) is 3.45. The van der Waals surface area contributed by atoms with Crippen LogP contribution in [0.4, 0.5) is 0 Å². The van der Waals surface area contributed by atoms with E-state index < -0.39 is 0 Å². The van der Waals surface area contributed by atoms with Gasteiger partial charge >= 0.3 is 0 Å². The summed E-state index contributed by atoms with van der Waals surface area (Å²) in [4.78, 5) is 4.43. The van der Waals surface area contributed by atoms with E-state index in [1.54, 1.807) is 0 Å². The van der Waals surface area contributed by atoms with Gasteiger partial charge in [0.15, 0.2) is 0 Å². The van der Waals surface area contributed by atoms with Crippen LogP contribution in [0.2, 0.25) is 0 Å². The third kappa shape index (κ3) is 3.07. The van der Waals surface area contributed by atoms with Crippen LogP contribution in [0.15, 0.2) is 30.3 Å². The monoisotopic (exact) mass is 231 g/mol. The zero-order valence-electron chi connectivity index (χ0n) is 10.7. The minimum Gasteiger partial charge on any atom is -0.359 e. The molecule has 1 aliphatic heterocycles. The average molecular weight is 231 g/mol. The SMILES string of the molecule is CN1CCC(CN(C)C(=N)c2ccccc2)C1. The Morgan fingerprint density at radius 3 is 2.71 bits per heavy atom. The maximum atomic E-state index is 8.16. The number of likely N-dealkylation sites (tertiary alicyclic amines) is 1. The predicted octanol–water partition coefficient (Wildman–Crippen LogP) is 1.90. The Kier molecular flexibility index (Phi) is 3.79. The fourth-order valence-electron chi connectivity index (χ4n) is 2.47. The molecule has 1 unspecified atom stereocenters. The van der Waals surface area contributed by atoms with Gasteiger partial charge in [-0.2, -0.15) is 0 Å². The Balaban J connectivity index is 1.92. The van der Waals surface area contributed by atoms with Crippen molar-refractivity contribution in [3.63, 3.8) is 0 Å². The molecular weight excluding hydrogens is 210 g/mol. The maximum absolute atomic E-state index is 8.16. The van der Waals surface area contributed by atoms with E-state index in [0.29, 0.717) is 11.8 Å². The van der Waals surface area contributed by atoms with Gasteiger partial charge in [0.2, 0.25) is 0 Å². The van der Waals surface area contributed by atoms with Crippen LogP contribution < -0.4 is 0 Å². The molecule has 1 saturated heterocycles. The van der Waals surface area contributed by atoms with Gasteiger partial charge in [-0.15, -0.1) is 0 Å². The Morgan fingerprint density at radius 2 is 2.12 bits per heavy atom. The molecule has 0 radical (unpaired) electrons. The summed E-state index contributed by atoms with van der Waals surface area (Å²) in [7, 11) is 4.19. The van der Waals surface area contributed by atoms with Crippen LogP contribution in [0, 0.1) is 11.3 Å². The summed E-state index contributed by atoms with van der Waals surface area (Å²) >= 11 is 0. The van der Waals surface area contributed by atoms with Crippen LogP contribution in [-0.4, -0.2) is 49.4 Å². The van der Waals surface area contributed by atoms with Crippen LogP contribution >= 0.6 is 0 Å². The van der Waals surface area contributed by atoms with E-state index in [9.17, 15) is 0 Å².